The molecule has 5 aliphatic carbocycles. The number of hydrogen-bond donors (Lipinski definition) is 1. The van der Waals surface area contributed by atoms with E-state index >= 15 is 0 Å². The van der Waals surface area contributed by atoms with Gasteiger partial charge >= 0.3 is 6.18 Å². The van der Waals surface area contributed by atoms with Gasteiger partial charge in [0, 0.05) is 12.1 Å². The lowest BCUT2D eigenvalue weighted by Crippen LogP contribution is -2.52. The van der Waals surface area contributed by atoms with Crippen molar-refractivity contribution < 1.29 is 23.1 Å². The van der Waals surface area contributed by atoms with E-state index in [0.717, 1.165) is 44.5 Å². The van der Waals surface area contributed by atoms with Crippen LogP contribution >= 0.6 is 0 Å². The van der Waals surface area contributed by atoms with Crippen LogP contribution in [0.25, 0.3) is 0 Å². The molecule has 0 saturated heterocycles. The summed E-state index contributed by atoms with van der Waals surface area (Å²) in [5.74, 6) is 4.73. The second kappa shape index (κ2) is 7.33. The molecule has 11 atom stereocenters. The Hall–Kier alpha value is -1.37. The van der Waals surface area contributed by atoms with E-state index in [-0.39, 0.29) is 23.7 Å². The Bertz CT molecular complexity index is 987. The number of alkyl halides is 3. The van der Waals surface area contributed by atoms with Gasteiger partial charge in [0.25, 0.3) is 0 Å². The van der Waals surface area contributed by atoms with Gasteiger partial charge in [-0.15, -0.1) is 0 Å². The summed E-state index contributed by atoms with van der Waals surface area (Å²) >= 11 is 0. The standard InChI is InChI=1S/C27H37F3N2O2/c1-14-21-22(14)24(20(33)13-32-12-16(11-31-32)27(28,29)30)26(3)9-7-18-17-6-8-25(2,34)10-15(17)4-5-19(18)23(21)26/h11-12,14-15,17-19,21-24,34H,4-10,13H2,1-3H3/t14-,15+,17-,18+,19+,21+,22-,23+,24-,25+,26-/m0/s1. The molecule has 6 rings (SSSR count). The van der Waals surface area contributed by atoms with Gasteiger partial charge in [-0.3, -0.25) is 9.48 Å². The number of carbonyl (C=O) groups is 1. The van der Waals surface area contributed by atoms with Crippen LogP contribution in [0.3, 0.4) is 0 Å². The largest absolute Gasteiger partial charge is 0.419 e. The number of halogens is 3. The number of carbonyl (C=O) groups excluding carboxylic acids is 1. The Morgan fingerprint density at radius 2 is 1.85 bits per heavy atom. The lowest BCUT2D eigenvalue weighted by Gasteiger charge is -2.58. The summed E-state index contributed by atoms with van der Waals surface area (Å²) in [4.78, 5) is 13.6. The molecule has 0 amide bonds. The van der Waals surface area contributed by atoms with Crippen LogP contribution in [0.5, 0.6) is 0 Å². The van der Waals surface area contributed by atoms with Crippen LogP contribution in [0.2, 0.25) is 0 Å². The molecule has 7 heteroatoms. The van der Waals surface area contributed by atoms with Gasteiger partial charge in [-0.2, -0.15) is 18.3 Å². The van der Waals surface area contributed by atoms with Gasteiger partial charge in [-0.25, -0.2) is 0 Å². The lowest BCUT2D eigenvalue weighted by atomic mass is 9.47. The van der Waals surface area contributed by atoms with Gasteiger partial charge < -0.3 is 5.11 Å². The molecule has 5 aliphatic rings. The van der Waals surface area contributed by atoms with Gasteiger partial charge in [-0.05, 0) is 105 Å². The molecule has 4 nitrogen and oxygen atoms in total. The molecule has 188 valence electrons. The number of aliphatic hydroxyl groups is 1. The first-order valence-electron chi connectivity index (χ1n) is 13.3. The number of aromatic nitrogens is 2. The average molecular weight is 479 g/mol. The fourth-order valence-electron chi connectivity index (χ4n) is 9.94. The van der Waals surface area contributed by atoms with E-state index in [0.29, 0.717) is 47.3 Å². The van der Waals surface area contributed by atoms with Crippen LogP contribution in [0, 0.1) is 58.7 Å². The first kappa shape index (κ1) is 23.1. The molecule has 1 aromatic rings. The first-order valence-corrected chi connectivity index (χ1v) is 13.3. The van der Waals surface area contributed by atoms with Crippen LogP contribution in [-0.4, -0.2) is 26.3 Å². The molecule has 0 aliphatic heterocycles. The first-order chi connectivity index (χ1) is 15.9. The normalized spacial score (nSPS) is 49.6. The smallest absolute Gasteiger partial charge is 0.390 e. The summed E-state index contributed by atoms with van der Waals surface area (Å²) in [6.45, 7) is 6.52. The van der Waals surface area contributed by atoms with Crippen molar-refractivity contribution in [1.82, 2.24) is 9.78 Å². The van der Waals surface area contributed by atoms with E-state index in [1.165, 1.54) is 17.5 Å². The van der Waals surface area contributed by atoms with Crippen molar-refractivity contribution in [3.8, 4) is 0 Å². The molecule has 1 N–H and O–H groups in total. The van der Waals surface area contributed by atoms with Gasteiger partial charge in [0.15, 0.2) is 5.78 Å². The minimum Gasteiger partial charge on any atom is -0.390 e. The zero-order valence-corrected chi connectivity index (χ0v) is 20.4. The number of Topliss-reactive ketones (excluding diaryl/α,β-unsaturated/α-hetero) is 1. The molecule has 0 aromatic carbocycles. The van der Waals surface area contributed by atoms with Crippen LogP contribution in [0.1, 0.15) is 71.3 Å². The third kappa shape index (κ3) is 3.35. The second-order valence-corrected chi connectivity index (χ2v) is 13.0. The highest BCUT2D eigenvalue weighted by molar-refractivity contribution is 5.83. The third-order valence-electron chi connectivity index (χ3n) is 11.2. The minimum atomic E-state index is -4.44. The Morgan fingerprint density at radius 1 is 1.12 bits per heavy atom. The Kier molecular flexibility index (Phi) is 4.97. The quantitative estimate of drug-likeness (QED) is 0.616. The maximum atomic E-state index is 13.6. The highest BCUT2D eigenvalue weighted by Crippen LogP contribution is 2.77. The monoisotopic (exact) mass is 478 g/mol. The molecule has 0 bridgehead atoms. The summed E-state index contributed by atoms with van der Waals surface area (Å²) in [6, 6.07) is 0. The number of nitrogens with zero attached hydrogens (tertiary/aromatic N) is 2. The van der Waals surface area contributed by atoms with Crippen molar-refractivity contribution in [3.63, 3.8) is 0 Å². The molecule has 34 heavy (non-hydrogen) atoms. The predicted octanol–water partition coefficient (Wildman–Crippen LogP) is 5.59. The maximum Gasteiger partial charge on any atom is 0.419 e. The van der Waals surface area contributed by atoms with Gasteiger partial charge in [0.2, 0.25) is 0 Å². The van der Waals surface area contributed by atoms with Crippen molar-refractivity contribution >= 4 is 5.78 Å². The van der Waals surface area contributed by atoms with Crippen LogP contribution in [-0.2, 0) is 17.5 Å². The molecule has 5 saturated carbocycles. The number of ketones is 1. The average Bonchev–Trinajstić information content (AvgIpc) is 3.10. The Morgan fingerprint density at radius 3 is 2.56 bits per heavy atom. The van der Waals surface area contributed by atoms with E-state index in [9.17, 15) is 23.1 Å². The molecule has 0 unspecified atom stereocenters. The van der Waals surface area contributed by atoms with E-state index in [4.69, 9.17) is 0 Å². The number of hydrogen-bond acceptors (Lipinski definition) is 3. The third-order valence-corrected chi connectivity index (χ3v) is 11.2. The van der Waals surface area contributed by atoms with Crippen molar-refractivity contribution in [2.24, 2.45) is 58.7 Å². The molecule has 0 spiro atoms. The Balaban J connectivity index is 1.23. The molecule has 1 aromatic heterocycles. The predicted molar refractivity (Wildman–Crippen MR) is 120 cm³/mol. The highest BCUT2D eigenvalue weighted by Gasteiger charge is 2.73. The van der Waals surface area contributed by atoms with Crippen molar-refractivity contribution in [2.45, 2.75) is 84.0 Å². The second-order valence-electron chi connectivity index (χ2n) is 13.0. The van der Waals surface area contributed by atoms with E-state index in [1.54, 1.807) is 0 Å². The molecule has 5 fully saturated rings. The van der Waals surface area contributed by atoms with E-state index in [1.807, 2.05) is 6.92 Å². The van der Waals surface area contributed by atoms with E-state index < -0.39 is 17.3 Å². The molecular formula is C27H37F3N2O2. The van der Waals surface area contributed by atoms with Gasteiger partial charge in [-0.1, -0.05) is 13.8 Å². The fraction of sp³-hybridized carbons (Fsp3) is 0.852. The summed E-state index contributed by atoms with van der Waals surface area (Å²) < 4.78 is 40.2. The minimum absolute atomic E-state index is 0.0485. The van der Waals surface area contributed by atoms with Crippen LogP contribution in [0.15, 0.2) is 12.4 Å². The molecule has 0 radical (unpaired) electrons. The zero-order valence-electron chi connectivity index (χ0n) is 20.4. The summed E-state index contributed by atoms with van der Waals surface area (Å²) in [6.07, 6.45) is 4.88. The fourth-order valence-corrected chi connectivity index (χ4v) is 9.94. The number of fused-ring (bicyclic) bond motifs is 7. The van der Waals surface area contributed by atoms with Crippen LogP contribution < -0.4 is 0 Å². The molecule has 1 heterocycles. The molecular weight excluding hydrogens is 441 g/mol. The van der Waals surface area contributed by atoms with Gasteiger partial charge in [0.05, 0.1) is 23.9 Å². The van der Waals surface area contributed by atoms with Gasteiger partial charge in [0.1, 0.15) is 0 Å². The Labute approximate surface area is 199 Å². The summed E-state index contributed by atoms with van der Waals surface area (Å²) in [5.41, 5.74) is -1.36. The SMILES string of the molecule is C[C@H]1[C@@H]2[C@H]1[C@H](C(=O)Cn1cc(C(F)(F)F)cn1)[C@@]1(C)CC[C@H]3[C@@H](CC[C@@H]4C[C@](C)(O)CC[C@@H]43)[C@H]21. The summed E-state index contributed by atoms with van der Waals surface area (Å²) in [7, 11) is 0. The summed E-state index contributed by atoms with van der Waals surface area (Å²) in [5, 5.41) is 14.5. The zero-order chi connectivity index (χ0) is 24.2. The lowest BCUT2D eigenvalue weighted by molar-refractivity contribution is -0.139. The van der Waals surface area contributed by atoms with Crippen LogP contribution in [0.4, 0.5) is 13.2 Å². The van der Waals surface area contributed by atoms with Crippen molar-refractivity contribution in [2.75, 3.05) is 0 Å². The van der Waals surface area contributed by atoms with Crippen molar-refractivity contribution in [1.29, 1.82) is 0 Å². The number of rotatable bonds is 3. The topological polar surface area (TPSA) is 55.1 Å². The highest BCUT2D eigenvalue weighted by atomic mass is 19.4. The van der Waals surface area contributed by atoms with E-state index in [2.05, 4.69) is 18.9 Å². The maximum absolute atomic E-state index is 13.6. The van der Waals surface area contributed by atoms with Crippen molar-refractivity contribution in [3.05, 3.63) is 18.0 Å².